The van der Waals surface area contributed by atoms with Crippen molar-refractivity contribution in [3.8, 4) is 0 Å². The molecule has 4 nitrogen and oxygen atoms in total. The molecule has 4 heteroatoms. The number of nitrogens with zero attached hydrogens (tertiary/aromatic N) is 1. The number of amides is 2. The Hall–Kier alpha value is -1.06. The van der Waals surface area contributed by atoms with E-state index in [9.17, 15) is 9.59 Å². The summed E-state index contributed by atoms with van der Waals surface area (Å²) in [6.07, 6.45) is 0.863. The second-order valence-corrected chi connectivity index (χ2v) is 4.74. The van der Waals surface area contributed by atoms with E-state index in [0.29, 0.717) is 6.54 Å². The topological polar surface area (TPSA) is 49.4 Å². The molecule has 0 aromatic carbocycles. The molecule has 0 bridgehead atoms. The Balaban J connectivity index is 4.18. The molecule has 0 atom stereocenters. The third-order valence-corrected chi connectivity index (χ3v) is 1.79. The van der Waals surface area contributed by atoms with Gasteiger partial charge in [-0.3, -0.25) is 9.59 Å². The van der Waals surface area contributed by atoms with Crippen molar-refractivity contribution in [1.29, 1.82) is 0 Å². The van der Waals surface area contributed by atoms with Crippen molar-refractivity contribution in [3.05, 3.63) is 0 Å². The van der Waals surface area contributed by atoms with Crippen molar-refractivity contribution in [2.75, 3.05) is 13.1 Å². The highest BCUT2D eigenvalue weighted by Crippen LogP contribution is 1.99. The monoisotopic (exact) mass is 214 g/mol. The normalized spacial score (nSPS) is 11.0. The van der Waals surface area contributed by atoms with Gasteiger partial charge in [-0.1, -0.05) is 6.92 Å². The fraction of sp³-hybridized carbons (Fsp3) is 0.818. The van der Waals surface area contributed by atoms with Crippen molar-refractivity contribution in [3.63, 3.8) is 0 Å². The molecule has 0 radical (unpaired) electrons. The zero-order valence-electron chi connectivity index (χ0n) is 10.4. The minimum Gasteiger partial charge on any atom is -0.350 e. The molecule has 0 spiro atoms. The van der Waals surface area contributed by atoms with Crippen LogP contribution in [-0.2, 0) is 9.59 Å². The van der Waals surface area contributed by atoms with E-state index >= 15 is 0 Å². The molecule has 15 heavy (non-hydrogen) atoms. The van der Waals surface area contributed by atoms with Gasteiger partial charge in [0.2, 0.25) is 11.8 Å². The van der Waals surface area contributed by atoms with Crippen LogP contribution in [0, 0.1) is 0 Å². The molecule has 0 aromatic heterocycles. The molecule has 0 saturated carbocycles. The number of hydrogen-bond donors (Lipinski definition) is 1. The molecule has 0 fully saturated rings. The Labute approximate surface area is 92.0 Å². The Bertz CT molecular complexity index is 231. The van der Waals surface area contributed by atoms with Gasteiger partial charge in [-0.2, -0.15) is 0 Å². The number of hydrogen-bond acceptors (Lipinski definition) is 2. The SMILES string of the molecule is CCCN(CC(=O)NC(C)(C)C)C(C)=O. The fourth-order valence-corrected chi connectivity index (χ4v) is 1.25. The summed E-state index contributed by atoms with van der Waals surface area (Å²) in [6.45, 7) is 10.0. The molecule has 1 N–H and O–H groups in total. The summed E-state index contributed by atoms with van der Waals surface area (Å²) < 4.78 is 0. The molecule has 0 unspecified atom stereocenters. The molecule has 0 aromatic rings. The molecule has 2 amide bonds. The lowest BCUT2D eigenvalue weighted by atomic mass is 10.1. The van der Waals surface area contributed by atoms with Gasteiger partial charge in [-0.25, -0.2) is 0 Å². The minimum atomic E-state index is -0.244. The summed E-state index contributed by atoms with van der Waals surface area (Å²) in [4.78, 5) is 24.3. The summed E-state index contributed by atoms with van der Waals surface area (Å²) in [7, 11) is 0. The molecule has 0 aliphatic carbocycles. The lowest BCUT2D eigenvalue weighted by Gasteiger charge is -2.24. The van der Waals surface area contributed by atoms with Gasteiger partial charge in [0.1, 0.15) is 0 Å². The van der Waals surface area contributed by atoms with Crippen molar-refractivity contribution < 1.29 is 9.59 Å². The van der Waals surface area contributed by atoms with Gasteiger partial charge in [0, 0.05) is 19.0 Å². The van der Waals surface area contributed by atoms with Crippen LogP contribution in [0.4, 0.5) is 0 Å². The van der Waals surface area contributed by atoms with Crippen LogP contribution < -0.4 is 5.32 Å². The standard InChI is InChI=1S/C11H22N2O2/c1-6-7-13(9(2)14)8-10(15)12-11(3,4)5/h6-8H2,1-5H3,(H,12,15). The summed E-state index contributed by atoms with van der Waals surface area (Å²) in [5, 5.41) is 2.83. The first-order valence-electron chi connectivity index (χ1n) is 5.32. The van der Waals surface area contributed by atoms with Gasteiger partial charge in [0.05, 0.1) is 6.54 Å². The number of nitrogens with one attached hydrogen (secondary N) is 1. The highest BCUT2D eigenvalue weighted by molar-refractivity contribution is 5.84. The predicted molar refractivity (Wildman–Crippen MR) is 60.4 cm³/mol. The van der Waals surface area contributed by atoms with E-state index in [2.05, 4.69) is 5.32 Å². The first-order chi connectivity index (χ1) is 6.76. The maximum Gasteiger partial charge on any atom is 0.240 e. The lowest BCUT2D eigenvalue weighted by Crippen LogP contribution is -2.47. The zero-order chi connectivity index (χ0) is 12.1. The van der Waals surface area contributed by atoms with Crippen LogP contribution >= 0.6 is 0 Å². The fourth-order valence-electron chi connectivity index (χ4n) is 1.25. The van der Waals surface area contributed by atoms with Crippen LogP contribution in [-0.4, -0.2) is 35.3 Å². The second kappa shape index (κ2) is 5.73. The van der Waals surface area contributed by atoms with Crippen LogP contribution in [0.15, 0.2) is 0 Å². The smallest absolute Gasteiger partial charge is 0.240 e. The van der Waals surface area contributed by atoms with Gasteiger partial charge in [-0.05, 0) is 27.2 Å². The molecule has 0 aliphatic heterocycles. The van der Waals surface area contributed by atoms with E-state index in [1.165, 1.54) is 6.92 Å². The van der Waals surface area contributed by atoms with E-state index in [0.717, 1.165) is 6.42 Å². The summed E-state index contributed by atoms with van der Waals surface area (Å²) >= 11 is 0. The Kier molecular flexibility index (Phi) is 5.33. The minimum absolute atomic E-state index is 0.0547. The van der Waals surface area contributed by atoms with E-state index in [4.69, 9.17) is 0 Å². The van der Waals surface area contributed by atoms with Crippen molar-refractivity contribution >= 4 is 11.8 Å². The van der Waals surface area contributed by atoms with Crippen LogP contribution in [0.2, 0.25) is 0 Å². The third-order valence-electron chi connectivity index (χ3n) is 1.79. The molecule has 0 rings (SSSR count). The zero-order valence-corrected chi connectivity index (χ0v) is 10.4. The van der Waals surface area contributed by atoms with E-state index in [1.807, 2.05) is 27.7 Å². The molecule has 0 saturated heterocycles. The summed E-state index contributed by atoms with van der Waals surface area (Å²) in [5.41, 5.74) is -0.244. The molecule has 88 valence electrons. The number of carbonyl (C=O) groups is 2. The second-order valence-electron chi connectivity index (χ2n) is 4.74. The Morgan fingerprint density at radius 3 is 2.13 bits per heavy atom. The van der Waals surface area contributed by atoms with Gasteiger partial charge in [0.25, 0.3) is 0 Å². The van der Waals surface area contributed by atoms with E-state index in [1.54, 1.807) is 4.90 Å². The summed E-state index contributed by atoms with van der Waals surface area (Å²) in [5.74, 6) is -0.160. The average molecular weight is 214 g/mol. The number of rotatable bonds is 4. The van der Waals surface area contributed by atoms with Crippen LogP contribution in [0.5, 0.6) is 0 Å². The molecular formula is C11H22N2O2. The molecule has 0 heterocycles. The predicted octanol–water partition coefficient (Wildman–Crippen LogP) is 1.16. The van der Waals surface area contributed by atoms with Gasteiger partial charge >= 0.3 is 0 Å². The van der Waals surface area contributed by atoms with Gasteiger partial charge < -0.3 is 10.2 Å². The molecular weight excluding hydrogens is 192 g/mol. The van der Waals surface area contributed by atoms with Crippen molar-refractivity contribution in [2.24, 2.45) is 0 Å². The Morgan fingerprint density at radius 1 is 1.27 bits per heavy atom. The number of carbonyl (C=O) groups excluding carboxylic acids is 2. The first-order valence-corrected chi connectivity index (χ1v) is 5.32. The third kappa shape index (κ3) is 6.94. The van der Waals surface area contributed by atoms with E-state index in [-0.39, 0.29) is 23.9 Å². The van der Waals surface area contributed by atoms with Crippen molar-refractivity contribution in [2.45, 2.75) is 46.6 Å². The highest BCUT2D eigenvalue weighted by atomic mass is 16.2. The summed E-state index contributed by atoms with van der Waals surface area (Å²) in [6, 6.07) is 0. The molecule has 0 aliphatic rings. The van der Waals surface area contributed by atoms with Gasteiger partial charge in [-0.15, -0.1) is 0 Å². The van der Waals surface area contributed by atoms with Crippen LogP contribution in [0.3, 0.4) is 0 Å². The van der Waals surface area contributed by atoms with Crippen molar-refractivity contribution in [1.82, 2.24) is 10.2 Å². The maximum absolute atomic E-state index is 11.5. The average Bonchev–Trinajstić information content (AvgIpc) is 1.99. The highest BCUT2D eigenvalue weighted by Gasteiger charge is 2.17. The Morgan fingerprint density at radius 2 is 1.80 bits per heavy atom. The van der Waals surface area contributed by atoms with Crippen LogP contribution in [0.1, 0.15) is 41.0 Å². The first kappa shape index (κ1) is 13.9. The quantitative estimate of drug-likeness (QED) is 0.763. The van der Waals surface area contributed by atoms with Gasteiger partial charge in [0.15, 0.2) is 0 Å². The van der Waals surface area contributed by atoms with E-state index < -0.39 is 0 Å². The maximum atomic E-state index is 11.5. The largest absolute Gasteiger partial charge is 0.350 e. The van der Waals surface area contributed by atoms with Crippen LogP contribution in [0.25, 0.3) is 0 Å². The lowest BCUT2D eigenvalue weighted by molar-refractivity contribution is -0.134.